The average Bonchev–Trinajstić information content (AvgIpc) is 2.49. The first-order chi connectivity index (χ1) is 10.1. The molecule has 4 nitrogen and oxygen atoms in total. The van der Waals surface area contributed by atoms with Crippen molar-refractivity contribution in [1.29, 1.82) is 0 Å². The third-order valence-electron chi connectivity index (χ3n) is 3.18. The predicted octanol–water partition coefficient (Wildman–Crippen LogP) is 3.69. The van der Waals surface area contributed by atoms with Crippen LogP contribution in [0.25, 0.3) is 0 Å². The Hall–Kier alpha value is -2.49. The van der Waals surface area contributed by atoms with Gasteiger partial charge in [-0.3, -0.25) is 4.79 Å². The number of hydrogen-bond donors (Lipinski definition) is 2. The van der Waals surface area contributed by atoms with Gasteiger partial charge in [-0.25, -0.2) is 0 Å². The van der Waals surface area contributed by atoms with Gasteiger partial charge in [-0.2, -0.15) is 0 Å². The topological polar surface area (TPSA) is 50.4 Å². The van der Waals surface area contributed by atoms with Crippen molar-refractivity contribution in [3.05, 3.63) is 53.6 Å². The Kier molecular flexibility index (Phi) is 4.82. The Morgan fingerprint density at radius 1 is 1.10 bits per heavy atom. The first-order valence-corrected chi connectivity index (χ1v) is 6.96. The van der Waals surface area contributed by atoms with Crippen LogP contribution in [0.4, 0.5) is 11.4 Å². The molecule has 110 valence electrons. The number of carbonyl (C=O) groups is 1. The zero-order valence-corrected chi connectivity index (χ0v) is 12.6. The maximum absolute atomic E-state index is 12.3. The van der Waals surface area contributed by atoms with Gasteiger partial charge in [0.15, 0.2) is 0 Å². The number of benzene rings is 2. The standard InChI is InChI=1S/C17H20N2O2/c1-4-21-15-8-5-13(6-9-15)19-17(20)16-10-7-14(18-3)11-12(16)2/h5-11,18H,4H2,1-3H3,(H,19,20). The highest BCUT2D eigenvalue weighted by molar-refractivity contribution is 6.05. The molecule has 0 spiro atoms. The highest BCUT2D eigenvalue weighted by atomic mass is 16.5. The molecule has 2 aromatic rings. The second-order valence-corrected chi connectivity index (χ2v) is 4.69. The van der Waals surface area contributed by atoms with Gasteiger partial charge < -0.3 is 15.4 Å². The van der Waals surface area contributed by atoms with Crippen LogP contribution >= 0.6 is 0 Å². The van der Waals surface area contributed by atoms with Crippen LogP contribution in [-0.4, -0.2) is 19.6 Å². The second-order valence-electron chi connectivity index (χ2n) is 4.69. The number of ether oxygens (including phenoxy) is 1. The summed E-state index contributed by atoms with van der Waals surface area (Å²) in [5, 5.41) is 5.95. The maximum atomic E-state index is 12.3. The monoisotopic (exact) mass is 284 g/mol. The van der Waals surface area contributed by atoms with Crippen LogP contribution in [0.15, 0.2) is 42.5 Å². The lowest BCUT2D eigenvalue weighted by atomic mass is 10.1. The van der Waals surface area contributed by atoms with Crippen molar-refractivity contribution < 1.29 is 9.53 Å². The molecule has 0 saturated heterocycles. The molecule has 0 aliphatic heterocycles. The van der Waals surface area contributed by atoms with Crippen molar-refractivity contribution in [3.63, 3.8) is 0 Å². The third-order valence-corrected chi connectivity index (χ3v) is 3.18. The van der Waals surface area contributed by atoms with E-state index in [1.807, 2.05) is 63.4 Å². The zero-order chi connectivity index (χ0) is 15.2. The number of amides is 1. The van der Waals surface area contributed by atoms with Crippen molar-refractivity contribution in [1.82, 2.24) is 0 Å². The first-order valence-electron chi connectivity index (χ1n) is 6.96. The summed E-state index contributed by atoms with van der Waals surface area (Å²) >= 11 is 0. The molecule has 0 bridgehead atoms. The summed E-state index contributed by atoms with van der Waals surface area (Å²) in [7, 11) is 1.86. The van der Waals surface area contributed by atoms with Crippen LogP contribution in [0.1, 0.15) is 22.8 Å². The van der Waals surface area contributed by atoms with Gasteiger partial charge in [0.05, 0.1) is 6.61 Å². The molecule has 0 aliphatic rings. The van der Waals surface area contributed by atoms with E-state index in [1.54, 1.807) is 0 Å². The highest BCUT2D eigenvalue weighted by Gasteiger charge is 2.09. The molecule has 2 rings (SSSR count). The second kappa shape index (κ2) is 6.79. The molecule has 0 radical (unpaired) electrons. The minimum absolute atomic E-state index is 0.112. The van der Waals surface area contributed by atoms with Crippen molar-refractivity contribution in [2.75, 3.05) is 24.3 Å². The molecule has 0 saturated carbocycles. The smallest absolute Gasteiger partial charge is 0.255 e. The summed E-state index contributed by atoms with van der Waals surface area (Å²) in [4.78, 5) is 12.3. The minimum atomic E-state index is -0.112. The molecule has 2 N–H and O–H groups in total. The SMILES string of the molecule is CCOc1ccc(NC(=O)c2ccc(NC)cc2C)cc1. The maximum Gasteiger partial charge on any atom is 0.255 e. The molecule has 0 fully saturated rings. The Labute approximate surface area is 125 Å². The van der Waals surface area contributed by atoms with Gasteiger partial charge in [0, 0.05) is 24.0 Å². The van der Waals surface area contributed by atoms with Crippen LogP contribution < -0.4 is 15.4 Å². The molecule has 21 heavy (non-hydrogen) atoms. The van der Waals surface area contributed by atoms with E-state index in [1.165, 1.54) is 0 Å². The van der Waals surface area contributed by atoms with E-state index in [0.717, 1.165) is 22.7 Å². The molecule has 0 heterocycles. The summed E-state index contributed by atoms with van der Waals surface area (Å²) in [5.41, 5.74) is 3.35. The van der Waals surface area contributed by atoms with Gasteiger partial charge in [0.2, 0.25) is 0 Å². The molecular formula is C17H20N2O2. The van der Waals surface area contributed by atoms with Gasteiger partial charge in [0.25, 0.3) is 5.91 Å². The average molecular weight is 284 g/mol. The van der Waals surface area contributed by atoms with E-state index in [0.29, 0.717) is 12.2 Å². The lowest BCUT2D eigenvalue weighted by Crippen LogP contribution is -2.13. The molecule has 0 aliphatic carbocycles. The number of hydrogen-bond acceptors (Lipinski definition) is 3. The van der Waals surface area contributed by atoms with E-state index in [-0.39, 0.29) is 5.91 Å². The Balaban J connectivity index is 2.10. The molecule has 2 aromatic carbocycles. The van der Waals surface area contributed by atoms with Crippen LogP contribution in [0.3, 0.4) is 0 Å². The Bertz CT molecular complexity index is 621. The van der Waals surface area contributed by atoms with Gasteiger partial charge >= 0.3 is 0 Å². The van der Waals surface area contributed by atoms with Crippen LogP contribution in [0.5, 0.6) is 5.75 Å². The van der Waals surface area contributed by atoms with E-state index >= 15 is 0 Å². The zero-order valence-electron chi connectivity index (χ0n) is 12.6. The van der Waals surface area contributed by atoms with Gasteiger partial charge in [-0.15, -0.1) is 0 Å². The van der Waals surface area contributed by atoms with E-state index < -0.39 is 0 Å². The Morgan fingerprint density at radius 2 is 1.76 bits per heavy atom. The van der Waals surface area contributed by atoms with Crippen LogP contribution in [0, 0.1) is 6.92 Å². The number of aryl methyl sites for hydroxylation is 1. The lowest BCUT2D eigenvalue weighted by Gasteiger charge is -2.10. The van der Waals surface area contributed by atoms with Gasteiger partial charge in [0.1, 0.15) is 5.75 Å². The summed E-state index contributed by atoms with van der Waals surface area (Å²) in [6, 6.07) is 13.0. The first kappa shape index (κ1) is 14.9. The van der Waals surface area contributed by atoms with Gasteiger partial charge in [-0.05, 0) is 61.9 Å². The molecule has 0 aromatic heterocycles. The van der Waals surface area contributed by atoms with Crippen molar-refractivity contribution in [2.24, 2.45) is 0 Å². The number of carbonyl (C=O) groups excluding carboxylic acids is 1. The van der Waals surface area contributed by atoms with Crippen LogP contribution in [0.2, 0.25) is 0 Å². The molecule has 4 heteroatoms. The fourth-order valence-electron chi connectivity index (χ4n) is 2.07. The Morgan fingerprint density at radius 3 is 2.33 bits per heavy atom. The van der Waals surface area contributed by atoms with Crippen molar-refractivity contribution in [3.8, 4) is 5.75 Å². The third kappa shape index (κ3) is 3.75. The number of rotatable bonds is 5. The fraction of sp³-hybridized carbons (Fsp3) is 0.235. The quantitative estimate of drug-likeness (QED) is 0.880. The summed E-state index contributed by atoms with van der Waals surface area (Å²) in [6.07, 6.45) is 0. The van der Waals surface area contributed by atoms with Crippen LogP contribution in [-0.2, 0) is 0 Å². The minimum Gasteiger partial charge on any atom is -0.494 e. The fourth-order valence-corrected chi connectivity index (χ4v) is 2.07. The molecular weight excluding hydrogens is 264 g/mol. The summed E-state index contributed by atoms with van der Waals surface area (Å²) in [5.74, 6) is 0.685. The van der Waals surface area contributed by atoms with Gasteiger partial charge in [-0.1, -0.05) is 0 Å². The normalized spacial score (nSPS) is 10.0. The summed E-state index contributed by atoms with van der Waals surface area (Å²) < 4.78 is 5.38. The predicted molar refractivity (Wildman–Crippen MR) is 86.3 cm³/mol. The molecule has 1 amide bonds. The summed E-state index contributed by atoms with van der Waals surface area (Å²) in [6.45, 7) is 4.49. The highest BCUT2D eigenvalue weighted by Crippen LogP contribution is 2.19. The largest absolute Gasteiger partial charge is 0.494 e. The van der Waals surface area contributed by atoms with Crippen molar-refractivity contribution in [2.45, 2.75) is 13.8 Å². The van der Waals surface area contributed by atoms with Crippen molar-refractivity contribution >= 4 is 17.3 Å². The number of nitrogens with one attached hydrogen (secondary N) is 2. The van der Waals surface area contributed by atoms with E-state index in [9.17, 15) is 4.79 Å². The lowest BCUT2D eigenvalue weighted by molar-refractivity contribution is 0.102. The molecule has 0 atom stereocenters. The van der Waals surface area contributed by atoms with E-state index in [4.69, 9.17) is 4.74 Å². The van der Waals surface area contributed by atoms with E-state index in [2.05, 4.69) is 10.6 Å². The number of anilines is 2. The molecule has 0 unspecified atom stereocenters.